The third-order valence-corrected chi connectivity index (χ3v) is 1.24. The van der Waals surface area contributed by atoms with E-state index in [1.807, 2.05) is 0 Å². The Morgan fingerprint density at radius 2 is 1.18 bits per heavy atom. The molecule has 17 heavy (non-hydrogen) atoms. The molecule has 0 aromatic carbocycles. The van der Waals surface area contributed by atoms with Crippen molar-refractivity contribution in [2.45, 2.75) is 25.7 Å². The fourth-order valence-electron chi connectivity index (χ4n) is 0.786. The molecule has 0 aromatic heterocycles. The zero-order valence-electron chi connectivity index (χ0n) is 12.4. The van der Waals surface area contributed by atoms with Crippen molar-refractivity contribution in [2.24, 2.45) is 0 Å². The second-order valence-corrected chi connectivity index (χ2v) is 11.0. The van der Waals surface area contributed by atoms with Crippen molar-refractivity contribution in [1.29, 1.82) is 0 Å². The van der Waals surface area contributed by atoms with Gasteiger partial charge in [-0.25, -0.2) is 0 Å². The molecule has 0 aliphatic heterocycles. The normalized spacial score (nSPS) is 13.6. The van der Waals surface area contributed by atoms with Crippen LogP contribution < -0.4 is 0 Å². The summed E-state index contributed by atoms with van der Waals surface area (Å²) in [6, 6.07) is 0. The van der Waals surface area contributed by atoms with Gasteiger partial charge in [0.1, 0.15) is 0 Å². The molecule has 0 bridgehead atoms. The fourth-order valence-corrected chi connectivity index (χ4v) is 0.786. The molecule has 0 spiro atoms. The van der Waals surface area contributed by atoms with Crippen LogP contribution >= 0.6 is 15.8 Å². The maximum atomic E-state index is 3.21. The van der Waals surface area contributed by atoms with Crippen LogP contribution in [0.2, 0.25) is 0 Å². The van der Waals surface area contributed by atoms with Gasteiger partial charge in [0.15, 0.2) is 0 Å². The average molecular weight is 320 g/mol. The largest absolute Gasteiger partial charge is 0.500 e. The number of allylic oxidation sites excluding steroid dienone is 4. The third kappa shape index (κ3) is 47.4. The first-order chi connectivity index (χ1) is 7.46. The standard InChI is InChI=1S/C8H11.2C3H9P.Co/c1-2-4-6-8-7-5-3-1;2*1-4(2)3;/h1-2,7H,3-6H2;2*1-3H3;/q-1;;;/p+2. The van der Waals surface area contributed by atoms with Crippen molar-refractivity contribution < 1.29 is 16.8 Å². The minimum Gasteiger partial charge on any atom is -0.500 e. The van der Waals surface area contributed by atoms with Crippen molar-refractivity contribution >= 4 is 15.8 Å². The molecule has 1 aliphatic carbocycles. The molecule has 0 unspecified atom stereocenters. The van der Waals surface area contributed by atoms with Crippen LogP contribution in [0.1, 0.15) is 25.7 Å². The molecule has 105 valence electrons. The molecule has 0 heterocycles. The molecule has 1 aliphatic rings. The number of hydrogen-bond donors (Lipinski definition) is 0. The molecule has 0 N–H and O–H groups in total. The first-order valence-corrected chi connectivity index (χ1v) is 12.2. The monoisotopic (exact) mass is 320 g/mol. The molecule has 3 heteroatoms. The zero-order valence-corrected chi connectivity index (χ0v) is 15.4. The summed E-state index contributed by atoms with van der Waals surface area (Å²) in [6.45, 7) is 13.6. The topological polar surface area (TPSA) is 0 Å². The Morgan fingerprint density at radius 1 is 0.765 bits per heavy atom. The van der Waals surface area contributed by atoms with Gasteiger partial charge in [-0.1, -0.05) is 25.0 Å². The van der Waals surface area contributed by atoms with Gasteiger partial charge in [0.25, 0.3) is 0 Å². The molecule has 0 saturated carbocycles. The summed E-state index contributed by atoms with van der Waals surface area (Å²) >= 11 is 0. The predicted molar refractivity (Wildman–Crippen MR) is 87.6 cm³/mol. The predicted octanol–water partition coefficient (Wildman–Crippen LogP) is 4.65. The van der Waals surface area contributed by atoms with Crippen LogP contribution in [-0.2, 0) is 16.8 Å². The van der Waals surface area contributed by atoms with Gasteiger partial charge in [0.2, 0.25) is 0 Å². The van der Waals surface area contributed by atoms with Gasteiger partial charge in [-0.05, 0) is 22.3 Å². The molecule has 0 saturated heterocycles. The van der Waals surface area contributed by atoms with Crippen LogP contribution in [0, 0.1) is 6.08 Å². The minimum atomic E-state index is 0. The summed E-state index contributed by atoms with van der Waals surface area (Å²) in [7, 11) is 0.241. The van der Waals surface area contributed by atoms with Gasteiger partial charge in [0, 0.05) is 56.8 Å². The second-order valence-electron chi connectivity index (χ2n) is 5.00. The smallest absolute Gasteiger partial charge is 0.0461 e. The summed E-state index contributed by atoms with van der Waals surface area (Å²) in [5.41, 5.74) is 0. The SMILES string of the molecule is C[PH+](C)C.C[PH+](C)C.[C-]1=CCCC=CCC1.[Co]. The van der Waals surface area contributed by atoms with E-state index in [0.717, 1.165) is 6.42 Å². The molecule has 1 rings (SSSR count). The van der Waals surface area contributed by atoms with E-state index in [2.05, 4.69) is 64.3 Å². The number of rotatable bonds is 0. The molecular weight excluding hydrogens is 289 g/mol. The van der Waals surface area contributed by atoms with Crippen molar-refractivity contribution in [3.63, 3.8) is 0 Å². The average Bonchev–Trinajstić information content (AvgIpc) is 1.98. The Balaban J connectivity index is -0.000000189. The van der Waals surface area contributed by atoms with Crippen LogP contribution in [0.3, 0.4) is 0 Å². The van der Waals surface area contributed by atoms with Crippen molar-refractivity contribution in [3.8, 4) is 0 Å². The van der Waals surface area contributed by atoms with Crippen LogP contribution in [0.5, 0.6) is 0 Å². The van der Waals surface area contributed by atoms with Crippen LogP contribution in [0.15, 0.2) is 18.2 Å². The van der Waals surface area contributed by atoms with Crippen LogP contribution in [0.4, 0.5) is 0 Å². The van der Waals surface area contributed by atoms with Gasteiger partial charge in [-0.2, -0.15) is 6.42 Å². The van der Waals surface area contributed by atoms with Gasteiger partial charge < -0.3 is 6.08 Å². The van der Waals surface area contributed by atoms with E-state index >= 15 is 0 Å². The molecule has 1 radical (unpaired) electrons. The zero-order chi connectivity index (χ0) is 12.8. The summed E-state index contributed by atoms with van der Waals surface area (Å²) in [5, 5.41) is 0. The molecule has 0 atom stereocenters. The fraction of sp³-hybridized carbons (Fsp3) is 0.714. The summed E-state index contributed by atoms with van der Waals surface area (Å²) in [5.74, 6) is 0. The van der Waals surface area contributed by atoms with Crippen molar-refractivity contribution in [1.82, 2.24) is 0 Å². The van der Waals surface area contributed by atoms with E-state index in [1.54, 1.807) is 0 Å². The van der Waals surface area contributed by atoms with Gasteiger partial charge in [-0.15, -0.1) is 0 Å². The molecule has 0 amide bonds. The maximum Gasteiger partial charge on any atom is 0.0461 e. The Morgan fingerprint density at radius 3 is 1.65 bits per heavy atom. The van der Waals surface area contributed by atoms with E-state index in [4.69, 9.17) is 0 Å². The van der Waals surface area contributed by atoms with Gasteiger partial charge in [-0.3, -0.25) is 6.08 Å². The first kappa shape index (κ1) is 23.0. The Hall–Kier alpha value is 0.846. The Kier molecular flexibility index (Phi) is 25.9. The second kappa shape index (κ2) is 19.2. The van der Waals surface area contributed by atoms with Gasteiger partial charge >= 0.3 is 0 Å². The van der Waals surface area contributed by atoms with E-state index in [1.165, 1.54) is 19.3 Å². The third-order valence-electron chi connectivity index (χ3n) is 1.24. The molecule has 0 nitrogen and oxygen atoms in total. The van der Waals surface area contributed by atoms with E-state index in [9.17, 15) is 0 Å². The Bertz CT molecular complexity index is 138. The Labute approximate surface area is 122 Å². The maximum absolute atomic E-state index is 3.21. The summed E-state index contributed by atoms with van der Waals surface area (Å²) in [4.78, 5) is 0. The summed E-state index contributed by atoms with van der Waals surface area (Å²) < 4.78 is 0. The van der Waals surface area contributed by atoms with Crippen LogP contribution in [-0.4, -0.2) is 40.0 Å². The summed E-state index contributed by atoms with van der Waals surface area (Å²) in [6.07, 6.45) is 14.5. The van der Waals surface area contributed by atoms with E-state index in [-0.39, 0.29) is 32.6 Å². The molecular formula is C14H31CoP2+. The molecule has 0 aromatic rings. The van der Waals surface area contributed by atoms with Gasteiger partial charge in [0.05, 0.1) is 0 Å². The van der Waals surface area contributed by atoms with Crippen LogP contribution in [0.25, 0.3) is 0 Å². The minimum absolute atomic E-state index is 0. The van der Waals surface area contributed by atoms with Crippen molar-refractivity contribution in [2.75, 3.05) is 40.0 Å². The van der Waals surface area contributed by atoms with E-state index in [0.29, 0.717) is 0 Å². The molecule has 0 fully saturated rings. The quantitative estimate of drug-likeness (QED) is 0.346. The van der Waals surface area contributed by atoms with E-state index < -0.39 is 0 Å². The number of hydrogen-bond acceptors (Lipinski definition) is 0. The van der Waals surface area contributed by atoms with Crippen molar-refractivity contribution in [3.05, 3.63) is 24.3 Å². The first-order valence-electron chi connectivity index (χ1n) is 6.20.